The van der Waals surface area contributed by atoms with Crippen LogP contribution in [0.4, 0.5) is 0 Å². The molecule has 1 aliphatic heterocycles. The van der Waals surface area contributed by atoms with Gasteiger partial charge in [-0.05, 0) is 18.1 Å². The van der Waals surface area contributed by atoms with E-state index in [1.54, 1.807) is 13.3 Å². The molecule has 2 N–H and O–H groups in total. The molecule has 2 atom stereocenters. The van der Waals surface area contributed by atoms with Crippen LogP contribution < -0.4 is 10.5 Å². The van der Waals surface area contributed by atoms with Crippen molar-refractivity contribution in [1.82, 2.24) is 14.5 Å². The van der Waals surface area contributed by atoms with Crippen LogP contribution in [0.2, 0.25) is 0 Å². The first-order chi connectivity index (χ1) is 10.3. The summed E-state index contributed by atoms with van der Waals surface area (Å²) < 4.78 is 12.7. The third-order valence-electron chi connectivity index (χ3n) is 3.92. The Morgan fingerprint density at radius 1 is 1.57 bits per heavy atom. The van der Waals surface area contributed by atoms with E-state index < -0.39 is 0 Å². The first-order valence-electron chi connectivity index (χ1n) is 7.10. The number of methoxy groups -OCH3 is 1. The van der Waals surface area contributed by atoms with E-state index >= 15 is 0 Å². The number of hydrogen-bond donors (Lipinski definition) is 1. The maximum absolute atomic E-state index is 6.38. The molecule has 1 saturated heterocycles. The lowest BCUT2D eigenvalue weighted by molar-refractivity contribution is 0.180. The Kier molecular flexibility index (Phi) is 4.17. The highest BCUT2D eigenvalue weighted by molar-refractivity contribution is 5.21. The molecule has 6 heteroatoms. The van der Waals surface area contributed by atoms with Crippen molar-refractivity contribution in [3.63, 3.8) is 0 Å². The summed E-state index contributed by atoms with van der Waals surface area (Å²) in [5.74, 6) is 0.982. The van der Waals surface area contributed by atoms with E-state index in [0.29, 0.717) is 18.3 Å². The molecule has 2 aromatic rings. The van der Waals surface area contributed by atoms with Crippen molar-refractivity contribution in [2.45, 2.75) is 19.0 Å². The third-order valence-corrected chi connectivity index (χ3v) is 3.92. The van der Waals surface area contributed by atoms with Gasteiger partial charge in [0.25, 0.3) is 0 Å². The Hall–Kier alpha value is -1.92. The molecule has 0 bridgehead atoms. The first-order valence-corrected chi connectivity index (χ1v) is 7.10. The Labute approximate surface area is 123 Å². The van der Waals surface area contributed by atoms with E-state index in [0.717, 1.165) is 30.9 Å². The molecular formula is C15H20N4O2. The minimum Gasteiger partial charge on any atom is -0.481 e. The molecular weight excluding hydrogens is 268 g/mol. The topological polar surface area (TPSA) is 75.2 Å². The largest absolute Gasteiger partial charge is 0.481 e. The molecule has 21 heavy (non-hydrogen) atoms. The molecule has 2 unspecified atom stereocenters. The van der Waals surface area contributed by atoms with Crippen molar-refractivity contribution < 1.29 is 9.47 Å². The SMILES string of the molecule is COc1cc(Cn2cncc2C(N)C2CCOC2)ccn1. The van der Waals surface area contributed by atoms with Gasteiger partial charge in [-0.2, -0.15) is 0 Å². The van der Waals surface area contributed by atoms with Crippen molar-refractivity contribution in [1.29, 1.82) is 0 Å². The van der Waals surface area contributed by atoms with Crippen molar-refractivity contribution in [2.75, 3.05) is 20.3 Å². The summed E-state index contributed by atoms with van der Waals surface area (Å²) in [5, 5.41) is 0. The monoisotopic (exact) mass is 288 g/mol. The second kappa shape index (κ2) is 6.24. The van der Waals surface area contributed by atoms with Crippen LogP contribution in [0.5, 0.6) is 5.88 Å². The van der Waals surface area contributed by atoms with Gasteiger partial charge in [-0.15, -0.1) is 0 Å². The van der Waals surface area contributed by atoms with Gasteiger partial charge >= 0.3 is 0 Å². The summed E-state index contributed by atoms with van der Waals surface area (Å²) >= 11 is 0. The fourth-order valence-electron chi connectivity index (χ4n) is 2.68. The van der Waals surface area contributed by atoms with Crippen molar-refractivity contribution in [2.24, 2.45) is 11.7 Å². The molecule has 3 rings (SSSR count). The number of imidazole rings is 1. The number of ether oxygens (including phenoxy) is 2. The highest BCUT2D eigenvalue weighted by atomic mass is 16.5. The van der Waals surface area contributed by atoms with Gasteiger partial charge in [-0.3, -0.25) is 0 Å². The van der Waals surface area contributed by atoms with Gasteiger partial charge in [-0.1, -0.05) is 0 Å². The van der Waals surface area contributed by atoms with Gasteiger partial charge in [0, 0.05) is 37.5 Å². The van der Waals surface area contributed by atoms with Gasteiger partial charge in [0.15, 0.2) is 0 Å². The maximum Gasteiger partial charge on any atom is 0.213 e. The molecule has 0 spiro atoms. The van der Waals surface area contributed by atoms with Crippen molar-refractivity contribution >= 4 is 0 Å². The Balaban J connectivity index is 1.78. The van der Waals surface area contributed by atoms with E-state index in [1.807, 2.05) is 24.7 Å². The van der Waals surface area contributed by atoms with Crippen molar-refractivity contribution in [3.05, 3.63) is 42.1 Å². The van der Waals surface area contributed by atoms with Crippen LogP contribution in [-0.4, -0.2) is 34.9 Å². The first kappa shape index (κ1) is 14.0. The van der Waals surface area contributed by atoms with E-state index in [9.17, 15) is 0 Å². The lowest BCUT2D eigenvalue weighted by Gasteiger charge is -2.19. The second-order valence-corrected chi connectivity index (χ2v) is 5.30. The molecule has 0 aromatic carbocycles. The third kappa shape index (κ3) is 3.06. The minimum absolute atomic E-state index is 0.0428. The fraction of sp³-hybridized carbons (Fsp3) is 0.467. The maximum atomic E-state index is 6.38. The minimum atomic E-state index is -0.0428. The fourth-order valence-corrected chi connectivity index (χ4v) is 2.68. The van der Waals surface area contributed by atoms with Crippen LogP contribution in [-0.2, 0) is 11.3 Å². The molecule has 0 amide bonds. The number of hydrogen-bond acceptors (Lipinski definition) is 5. The van der Waals surface area contributed by atoms with E-state index in [-0.39, 0.29) is 6.04 Å². The molecule has 1 aliphatic rings. The zero-order valence-corrected chi connectivity index (χ0v) is 12.1. The summed E-state index contributed by atoms with van der Waals surface area (Å²) in [5.41, 5.74) is 8.53. The molecule has 2 aromatic heterocycles. The second-order valence-electron chi connectivity index (χ2n) is 5.30. The zero-order chi connectivity index (χ0) is 14.7. The Morgan fingerprint density at radius 3 is 3.24 bits per heavy atom. The molecule has 0 radical (unpaired) electrons. The predicted octanol–water partition coefficient (Wildman–Crippen LogP) is 1.37. The standard InChI is InChI=1S/C15H20N4O2/c1-20-14-6-11(2-4-18-14)8-19-10-17-7-13(19)15(16)12-3-5-21-9-12/h2,4,6-7,10,12,15H,3,5,8-9,16H2,1H3. The smallest absolute Gasteiger partial charge is 0.213 e. The average Bonchev–Trinajstić information content (AvgIpc) is 3.18. The van der Waals surface area contributed by atoms with E-state index in [2.05, 4.69) is 14.5 Å². The average molecular weight is 288 g/mol. The van der Waals surface area contributed by atoms with Crippen LogP contribution in [0.3, 0.4) is 0 Å². The van der Waals surface area contributed by atoms with Gasteiger partial charge in [0.2, 0.25) is 5.88 Å². The summed E-state index contributed by atoms with van der Waals surface area (Å²) in [6.45, 7) is 2.24. The summed E-state index contributed by atoms with van der Waals surface area (Å²) in [7, 11) is 1.62. The van der Waals surface area contributed by atoms with Crippen LogP contribution >= 0.6 is 0 Å². The number of nitrogens with zero attached hydrogens (tertiary/aromatic N) is 3. The van der Waals surface area contributed by atoms with Crippen molar-refractivity contribution in [3.8, 4) is 5.88 Å². The molecule has 112 valence electrons. The highest BCUT2D eigenvalue weighted by Crippen LogP contribution is 2.27. The van der Waals surface area contributed by atoms with Crippen LogP contribution in [0.1, 0.15) is 23.7 Å². The van der Waals surface area contributed by atoms with Gasteiger partial charge < -0.3 is 19.8 Å². The number of aromatic nitrogens is 3. The quantitative estimate of drug-likeness (QED) is 0.899. The normalized spacial score (nSPS) is 19.6. The van der Waals surface area contributed by atoms with Crippen LogP contribution in [0, 0.1) is 5.92 Å². The van der Waals surface area contributed by atoms with Gasteiger partial charge in [0.05, 0.1) is 31.8 Å². The van der Waals surface area contributed by atoms with Gasteiger partial charge in [0.1, 0.15) is 0 Å². The summed E-state index contributed by atoms with van der Waals surface area (Å²) in [4.78, 5) is 8.37. The lowest BCUT2D eigenvalue weighted by Crippen LogP contribution is -2.24. The lowest BCUT2D eigenvalue weighted by atomic mass is 9.97. The number of nitrogens with two attached hydrogens (primary N) is 1. The van der Waals surface area contributed by atoms with E-state index in [4.69, 9.17) is 15.2 Å². The molecule has 0 aliphatic carbocycles. The number of pyridine rings is 1. The van der Waals surface area contributed by atoms with Crippen LogP contribution in [0.25, 0.3) is 0 Å². The summed E-state index contributed by atoms with van der Waals surface area (Å²) in [6.07, 6.45) is 6.42. The van der Waals surface area contributed by atoms with Crippen LogP contribution in [0.15, 0.2) is 30.9 Å². The molecule has 1 fully saturated rings. The predicted molar refractivity (Wildman–Crippen MR) is 78.0 cm³/mol. The molecule has 3 heterocycles. The zero-order valence-electron chi connectivity index (χ0n) is 12.1. The highest BCUT2D eigenvalue weighted by Gasteiger charge is 2.26. The van der Waals surface area contributed by atoms with E-state index in [1.165, 1.54) is 0 Å². The molecule has 6 nitrogen and oxygen atoms in total. The summed E-state index contributed by atoms with van der Waals surface area (Å²) in [6, 6.07) is 3.85. The molecule has 0 saturated carbocycles. The Bertz CT molecular complexity index is 593. The van der Waals surface area contributed by atoms with Gasteiger partial charge in [-0.25, -0.2) is 9.97 Å². The Morgan fingerprint density at radius 2 is 2.48 bits per heavy atom. The number of rotatable bonds is 5.